The van der Waals surface area contributed by atoms with Crippen LogP contribution in [0.25, 0.3) is 10.4 Å². The van der Waals surface area contributed by atoms with Crippen LogP contribution in [0, 0.1) is 0 Å². The molecule has 0 unspecified atom stereocenters. The third-order valence-corrected chi connectivity index (χ3v) is 5.71. The van der Waals surface area contributed by atoms with Gasteiger partial charge in [-0.25, -0.2) is 14.8 Å². The van der Waals surface area contributed by atoms with E-state index in [-0.39, 0.29) is 0 Å². The van der Waals surface area contributed by atoms with Crippen LogP contribution in [0.1, 0.15) is 18.1 Å². The summed E-state index contributed by atoms with van der Waals surface area (Å²) in [4.78, 5) is 18.2. The van der Waals surface area contributed by atoms with Crippen molar-refractivity contribution in [1.29, 1.82) is 0 Å². The molecule has 0 aliphatic rings. The summed E-state index contributed by atoms with van der Waals surface area (Å²) in [5, 5.41) is 0.976. The first-order chi connectivity index (χ1) is 14.8. The summed E-state index contributed by atoms with van der Waals surface area (Å²) < 4.78 is 0. The molecule has 0 N–H and O–H groups in total. The van der Waals surface area contributed by atoms with E-state index in [1.807, 2.05) is 25.3 Å². The van der Waals surface area contributed by atoms with Gasteiger partial charge in [-0.3, -0.25) is 0 Å². The Morgan fingerprint density at radius 3 is 2.20 bits per heavy atom. The van der Waals surface area contributed by atoms with Gasteiger partial charge in [0.1, 0.15) is 6.61 Å². The van der Waals surface area contributed by atoms with Crippen LogP contribution in [0.5, 0.6) is 0 Å². The summed E-state index contributed by atoms with van der Waals surface area (Å²) in [7, 11) is 0. The highest BCUT2D eigenvalue weighted by Crippen LogP contribution is 2.35. The van der Waals surface area contributed by atoms with Gasteiger partial charge >= 0.3 is 0 Å². The fourth-order valence-electron chi connectivity index (χ4n) is 3.12. The lowest BCUT2D eigenvalue weighted by atomic mass is 10.1. The lowest BCUT2D eigenvalue weighted by molar-refractivity contribution is -0.300. The molecule has 0 bridgehead atoms. The van der Waals surface area contributed by atoms with Gasteiger partial charge in [-0.1, -0.05) is 84.1 Å². The molecule has 0 aliphatic carbocycles. The molecule has 0 atom stereocenters. The molecule has 152 valence electrons. The normalized spacial score (nSPS) is 10.8. The van der Waals surface area contributed by atoms with Crippen LogP contribution in [-0.2, 0) is 22.9 Å². The van der Waals surface area contributed by atoms with E-state index in [0.717, 1.165) is 33.4 Å². The van der Waals surface area contributed by atoms with Crippen LogP contribution in [-0.4, -0.2) is 11.6 Å². The number of aromatic nitrogens is 1. The van der Waals surface area contributed by atoms with E-state index in [9.17, 15) is 0 Å². The predicted octanol–water partition coefficient (Wildman–Crippen LogP) is 6.62. The first-order valence-electron chi connectivity index (χ1n) is 9.99. The van der Waals surface area contributed by atoms with Crippen LogP contribution < -0.4 is 4.90 Å². The van der Waals surface area contributed by atoms with Gasteiger partial charge in [-0.15, -0.1) is 0 Å². The second-order valence-corrected chi connectivity index (χ2v) is 7.79. The van der Waals surface area contributed by atoms with Gasteiger partial charge < -0.3 is 4.90 Å². The zero-order chi connectivity index (χ0) is 20.6. The Morgan fingerprint density at radius 2 is 1.50 bits per heavy atom. The minimum absolute atomic E-state index is 0.445. The molecule has 0 fully saturated rings. The first kappa shape index (κ1) is 20.3. The lowest BCUT2D eigenvalue weighted by Crippen LogP contribution is -2.15. The highest BCUT2D eigenvalue weighted by atomic mass is 32.1. The standard InChI is InChI=1S/C25H24N2O2S/c1-2-28-29-19-21-13-15-22(16-14-21)24-17-26-25(30-24)27(23-11-7-4-8-12-23)18-20-9-5-3-6-10-20/h3-17H,2,18-19H2,1H3. The maximum absolute atomic E-state index is 5.14. The minimum atomic E-state index is 0.445. The molecular weight excluding hydrogens is 392 g/mol. The summed E-state index contributed by atoms with van der Waals surface area (Å²) in [5.74, 6) is 0. The highest BCUT2D eigenvalue weighted by molar-refractivity contribution is 7.19. The van der Waals surface area contributed by atoms with E-state index in [0.29, 0.717) is 13.2 Å². The molecule has 0 amide bonds. The van der Waals surface area contributed by atoms with Gasteiger partial charge in [0.2, 0.25) is 0 Å². The van der Waals surface area contributed by atoms with Crippen LogP contribution >= 0.6 is 11.3 Å². The SMILES string of the molecule is CCOOCc1ccc(-c2cnc(N(Cc3ccccc3)c3ccccc3)s2)cc1. The smallest absolute Gasteiger partial charge is 0.190 e. The fraction of sp³-hybridized carbons (Fsp3) is 0.160. The Bertz CT molecular complexity index is 1030. The number of rotatable bonds is 9. The molecule has 0 saturated heterocycles. The summed E-state index contributed by atoms with van der Waals surface area (Å²) in [6.45, 7) is 3.66. The molecule has 4 nitrogen and oxygen atoms in total. The van der Waals surface area contributed by atoms with Gasteiger partial charge in [0.25, 0.3) is 0 Å². The van der Waals surface area contributed by atoms with Gasteiger partial charge in [-0.05, 0) is 35.7 Å². The van der Waals surface area contributed by atoms with Crippen LogP contribution in [0.2, 0.25) is 0 Å². The van der Waals surface area contributed by atoms with Crippen molar-refractivity contribution in [3.05, 3.63) is 102 Å². The Labute approximate surface area is 181 Å². The number of benzene rings is 3. The molecule has 0 saturated carbocycles. The van der Waals surface area contributed by atoms with E-state index >= 15 is 0 Å². The lowest BCUT2D eigenvalue weighted by Gasteiger charge is -2.22. The van der Waals surface area contributed by atoms with E-state index in [1.54, 1.807) is 11.3 Å². The Balaban J connectivity index is 1.56. The largest absolute Gasteiger partial charge is 0.313 e. The van der Waals surface area contributed by atoms with Gasteiger partial charge in [0.05, 0.1) is 18.0 Å². The minimum Gasteiger partial charge on any atom is -0.313 e. The molecule has 4 aromatic rings. The Hall–Kier alpha value is -2.99. The van der Waals surface area contributed by atoms with Crippen molar-refractivity contribution in [3.63, 3.8) is 0 Å². The highest BCUT2D eigenvalue weighted by Gasteiger charge is 2.15. The third kappa shape index (κ3) is 5.13. The van der Waals surface area contributed by atoms with Crippen LogP contribution in [0.3, 0.4) is 0 Å². The average Bonchev–Trinajstić information content (AvgIpc) is 3.29. The molecule has 1 aromatic heterocycles. The summed E-state index contributed by atoms with van der Waals surface area (Å²) in [5.41, 5.74) is 4.60. The van der Waals surface area contributed by atoms with Gasteiger partial charge in [-0.2, -0.15) is 0 Å². The van der Waals surface area contributed by atoms with Crippen LogP contribution in [0.15, 0.2) is 91.1 Å². The van der Waals surface area contributed by atoms with Crippen LogP contribution in [0.4, 0.5) is 10.8 Å². The summed E-state index contributed by atoms with van der Waals surface area (Å²) in [6, 6.07) is 29.2. The van der Waals surface area contributed by atoms with E-state index < -0.39 is 0 Å². The molecule has 1 heterocycles. The Morgan fingerprint density at radius 1 is 0.800 bits per heavy atom. The maximum Gasteiger partial charge on any atom is 0.190 e. The van der Waals surface area contributed by atoms with E-state index in [4.69, 9.17) is 14.8 Å². The van der Waals surface area contributed by atoms with Crippen molar-refractivity contribution in [2.75, 3.05) is 11.5 Å². The number of hydrogen-bond acceptors (Lipinski definition) is 5. The van der Waals surface area contributed by atoms with E-state index in [1.165, 1.54) is 5.56 Å². The number of thiazole rings is 1. The molecule has 5 heteroatoms. The number of hydrogen-bond donors (Lipinski definition) is 0. The predicted molar refractivity (Wildman–Crippen MR) is 123 cm³/mol. The van der Waals surface area contributed by atoms with Gasteiger partial charge in [0.15, 0.2) is 5.13 Å². The molecule has 0 aliphatic heterocycles. The fourth-order valence-corrected chi connectivity index (χ4v) is 4.07. The van der Waals surface area contributed by atoms with Gasteiger partial charge in [0, 0.05) is 11.9 Å². The maximum atomic E-state index is 5.14. The molecule has 4 rings (SSSR count). The topological polar surface area (TPSA) is 34.6 Å². The zero-order valence-corrected chi connectivity index (χ0v) is 17.7. The number of anilines is 2. The zero-order valence-electron chi connectivity index (χ0n) is 16.9. The number of nitrogens with zero attached hydrogens (tertiary/aromatic N) is 2. The molecule has 30 heavy (non-hydrogen) atoms. The van der Waals surface area contributed by atoms with Crippen molar-refractivity contribution < 1.29 is 9.78 Å². The second-order valence-electron chi connectivity index (χ2n) is 6.78. The third-order valence-electron chi connectivity index (χ3n) is 4.64. The molecule has 0 radical (unpaired) electrons. The molecule has 3 aromatic carbocycles. The van der Waals surface area contributed by atoms with Crippen molar-refractivity contribution >= 4 is 22.2 Å². The van der Waals surface area contributed by atoms with Crippen molar-refractivity contribution in [2.45, 2.75) is 20.1 Å². The second kappa shape index (κ2) is 10.2. The quantitative estimate of drug-likeness (QED) is 0.174. The monoisotopic (exact) mass is 416 g/mol. The first-order valence-corrected chi connectivity index (χ1v) is 10.8. The summed E-state index contributed by atoms with van der Waals surface area (Å²) >= 11 is 1.69. The summed E-state index contributed by atoms with van der Waals surface area (Å²) in [6.07, 6.45) is 1.95. The van der Waals surface area contributed by atoms with Crippen molar-refractivity contribution in [2.24, 2.45) is 0 Å². The van der Waals surface area contributed by atoms with Crippen molar-refractivity contribution in [1.82, 2.24) is 4.98 Å². The molecular formula is C25H24N2O2S. The Kier molecular flexibility index (Phi) is 6.87. The molecule has 0 spiro atoms. The van der Waals surface area contributed by atoms with Crippen molar-refractivity contribution in [3.8, 4) is 10.4 Å². The van der Waals surface area contributed by atoms with E-state index in [2.05, 4.69) is 77.7 Å². The number of para-hydroxylation sites is 1. The average molecular weight is 417 g/mol.